The van der Waals surface area contributed by atoms with E-state index in [0.717, 1.165) is 41.5 Å². The molecule has 0 radical (unpaired) electrons. The maximum absolute atomic E-state index is 12.8. The molecule has 4 heterocycles. The van der Waals surface area contributed by atoms with Gasteiger partial charge in [-0.3, -0.25) is 14.8 Å². The number of hydrogen-bond donors (Lipinski definition) is 1. The van der Waals surface area contributed by atoms with E-state index in [2.05, 4.69) is 25.3 Å². The number of aromatic nitrogens is 4. The van der Waals surface area contributed by atoms with Crippen molar-refractivity contribution >= 4 is 28.7 Å². The van der Waals surface area contributed by atoms with Gasteiger partial charge < -0.3 is 10.2 Å². The summed E-state index contributed by atoms with van der Waals surface area (Å²) in [6, 6.07) is 3.96. The summed E-state index contributed by atoms with van der Waals surface area (Å²) in [6.07, 6.45) is 8.98. The van der Waals surface area contributed by atoms with Crippen LogP contribution in [0.15, 0.2) is 42.3 Å². The van der Waals surface area contributed by atoms with Gasteiger partial charge in [-0.2, -0.15) is 0 Å². The minimum atomic E-state index is 0.0304. The Bertz CT molecular complexity index is 911. The molecule has 0 aromatic carbocycles. The number of carbonyl (C=O) groups is 1. The van der Waals surface area contributed by atoms with E-state index in [1.807, 2.05) is 29.3 Å². The Morgan fingerprint density at radius 1 is 1.30 bits per heavy atom. The van der Waals surface area contributed by atoms with Crippen molar-refractivity contribution in [3.8, 4) is 0 Å². The van der Waals surface area contributed by atoms with Gasteiger partial charge in [0.25, 0.3) is 0 Å². The van der Waals surface area contributed by atoms with Crippen molar-refractivity contribution in [2.45, 2.75) is 32.2 Å². The van der Waals surface area contributed by atoms with Crippen LogP contribution in [0.4, 0.5) is 11.5 Å². The molecule has 8 heteroatoms. The zero-order chi connectivity index (χ0) is 18.6. The Morgan fingerprint density at radius 2 is 2.22 bits per heavy atom. The largest absolute Gasteiger partial charge is 0.338 e. The summed E-state index contributed by atoms with van der Waals surface area (Å²) in [7, 11) is 0. The van der Waals surface area contributed by atoms with Gasteiger partial charge in [-0.05, 0) is 31.9 Å². The lowest BCUT2D eigenvalue weighted by Crippen LogP contribution is -2.32. The number of rotatable bonds is 5. The van der Waals surface area contributed by atoms with E-state index in [4.69, 9.17) is 0 Å². The van der Waals surface area contributed by atoms with Crippen LogP contribution >= 0.6 is 11.3 Å². The highest BCUT2D eigenvalue weighted by Gasteiger charge is 2.31. The lowest BCUT2D eigenvalue weighted by molar-refractivity contribution is -0.131. The fourth-order valence-electron chi connectivity index (χ4n) is 3.31. The van der Waals surface area contributed by atoms with Crippen LogP contribution in [-0.2, 0) is 11.2 Å². The number of likely N-dealkylation sites (tertiary alicyclic amines) is 1. The number of aryl methyl sites for hydroxylation is 1. The lowest BCUT2D eigenvalue weighted by Gasteiger charge is -2.24. The molecule has 1 aliphatic heterocycles. The first-order valence-corrected chi connectivity index (χ1v) is 9.76. The van der Waals surface area contributed by atoms with E-state index in [9.17, 15) is 4.79 Å². The molecule has 7 nitrogen and oxygen atoms in total. The molecule has 0 saturated carbocycles. The smallest absolute Gasteiger partial charge is 0.229 e. The van der Waals surface area contributed by atoms with Gasteiger partial charge in [0.15, 0.2) is 0 Å². The predicted octanol–water partition coefficient (Wildman–Crippen LogP) is 3.29. The number of thiazole rings is 1. The third kappa shape index (κ3) is 4.11. The van der Waals surface area contributed by atoms with Crippen LogP contribution in [0.2, 0.25) is 0 Å². The van der Waals surface area contributed by atoms with Crippen LogP contribution in [0.3, 0.4) is 0 Å². The summed E-state index contributed by atoms with van der Waals surface area (Å²) in [4.78, 5) is 31.9. The zero-order valence-corrected chi connectivity index (χ0v) is 15.8. The third-order valence-corrected chi connectivity index (χ3v) is 5.36. The third-order valence-electron chi connectivity index (χ3n) is 4.54. The lowest BCUT2D eigenvalue weighted by atomic mass is 10.1. The maximum Gasteiger partial charge on any atom is 0.229 e. The zero-order valence-electron chi connectivity index (χ0n) is 15.0. The number of hydrogen-bond acceptors (Lipinski definition) is 7. The molecule has 0 aliphatic carbocycles. The van der Waals surface area contributed by atoms with Gasteiger partial charge in [0.05, 0.1) is 46.9 Å². The molecule has 0 spiro atoms. The number of carbonyl (C=O) groups excluding carboxylic acids is 1. The van der Waals surface area contributed by atoms with Crippen molar-refractivity contribution in [1.82, 2.24) is 24.8 Å². The van der Waals surface area contributed by atoms with Gasteiger partial charge in [-0.15, -0.1) is 11.3 Å². The van der Waals surface area contributed by atoms with Gasteiger partial charge >= 0.3 is 0 Å². The molecule has 1 atom stereocenters. The molecular formula is C19H20N6OS. The van der Waals surface area contributed by atoms with E-state index in [1.54, 1.807) is 36.1 Å². The Hall–Kier alpha value is -2.87. The standard InChI is InChI=1S/C19H20N6OS/c1-13-23-15(12-27-13)9-19(26)25-8-2-3-17(25)16-5-4-14(10-22-16)24-18-11-20-6-7-21-18/h4-7,10-12,17H,2-3,8-9H2,1H3,(H,21,24). The monoisotopic (exact) mass is 380 g/mol. The summed E-state index contributed by atoms with van der Waals surface area (Å²) in [5.74, 6) is 0.787. The van der Waals surface area contributed by atoms with Crippen LogP contribution in [0, 0.1) is 6.92 Å². The molecule has 3 aromatic heterocycles. The molecule has 1 unspecified atom stereocenters. The van der Waals surface area contributed by atoms with Gasteiger partial charge in [0.1, 0.15) is 5.82 Å². The molecule has 3 aromatic rings. The highest BCUT2D eigenvalue weighted by atomic mass is 32.1. The number of anilines is 2. The topological polar surface area (TPSA) is 83.9 Å². The van der Waals surface area contributed by atoms with Gasteiger partial charge in [-0.1, -0.05) is 0 Å². The Balaban J connectivity index is 1.44. The fraction of sp³-hybridized carbons (Fsp3) is 0.316. The first kappa shape index (κ1) is 17.5. The fourth-order valence-corrected chi connectivity index (χ4v) is 3.92. The average Bonchev–Trinajstić information content (AvgIpc) is 3.32. The van der Waals surface area contributed by atoms with E-state index in [0.29, 0.717) is 12.2 Å². The van der Waals surface area contributed by atoms with Crippen LogP contribution in [0.5, 0.6) is 0 Å². The highest BCUT2D eigenvalue weighted by molar-refractivity contribution is 7.09. The molecule has 1 N–H and O–H groups in total. The second kappa shape index (κ2) is 7.79. The summed E-state index contributed by atoms with van der Waals surface area (Å²) in [5.41, 5.74) is 2.61. The molecule has 1 amide bonds. The predicted molar refractivity (Wildman–Crippen MR) is 104 cm³/mol. The summed E-state index contributed by atoms with van der Waals surface area (Å²) >= 11 is 1.58. The number of nitrogens with one attached hydrogen (secondary N) is 1. The Labute approximate surface area is 161 Å². The second-order valence-corrected chi connectivity index (χ2v) is 7.53. The molecular weight excluding hydrogens is 360 g/mol. The van der Waals surface area contributed by atoms with Crippen LogP contribution < -0.4 is 5.32 Å². The molecule has 0 bridgehead atoms. The SMILES string of the molecule is Cc1nc(CC(=O)N2CCCC2c2ccc(Nc3cnccn3)cn2)cs1. The molecule has 1 aliphatic rings. The van der Waals surface area contributed by atoms with E-state index < -0.39 is 0 Å². The van der Waals surface area contributed by atoms with Crippen LogP contribution in [-0.4, -0.2) is 37.3 Å². The van der Waals surface area contributed by atoms with Crippen molar-refractivity contribution in [1.29, 1.82) is 0 Å². The minimum Gasteiger partial charge on any atom is -0.338 e. The van der Waals surface area contributed by atoms with Crippen molar-refractivity contribution in [3.05, 3.63) is 58.7 Å². The van der Waals surface area contributed by atoms with E-state index in [-0.39, 0.29) is 11.9 Å². The average molecular weight is 380 g/mol. The highest BCUT2D eigenvalue weighted by Crippen LogP contribution is 2.32. The molecule has 1 saturated heterocycles. The molecule has 1 fully saturated rings. The van der Waals surface area contributed by atoms with Crippen LogP contribution in [0.25, 0.3) is 0 Å². The van der Waals surface area contributed by atoms with Gasteiger partial charge in [0, 0.05) is 24.3 Å². The number of nitrogens with zero attached hydrogens (tertiary/aromatic N) is 5. The summed E-state index contributed by atoms with van der Waals surface area (Å²) in [5, 5.41) is 6.12. The second-order valence-electron chi connectivity index (χ2n) is 6.47. The van der Waals surface area contributed by atoms with E-state index >= 15 is 0 Å². The Kier molecular flexibility index (Phi) is 5.06. The number of amides is 1. The molecule has 27 heavy (non-hydrogen) atoms. The summed E-state index contributed by atoms with van der Waals surface area (Å²) in [6.45, 7) is 2.73. The van der Waals surface area contributed by atoms with E-state index in [1.165, 1.54) is 0 Å². The van der Waals surface area contributed by atoms with Crippen molar-refractivity contribution in [2.24, 2.45) is 0 Å². The first-order chi connectivity index (χ1) is 13.2. The van der Waals surface area contributed by atoms with Crippen molar-refractivity contribution in [3.63, 3.8) is 0 Å². The first-order valence-electron chi connectivity index (χ1n) is 8.88. The van der Waals surface area contributed by atoms with Crippen molar-refractivity contribution in [2.75, 3.05) is 11.9 Å². The van der Waals surface area contributed by atoms with Crippen LogP contribution in [0.1, 0.15) is 35.3 Å². The molecule has 138 valence electrons. The number of pyridine rings is 1. The van der Waals surface area contributed by atoms with Gasteiger partial charge in [-0.25, -0.2) is 9.97 Å². The normalized spacial score (nSPS) is 16.5. The summed E-state index contributed by atoms with van der Waals surface area (Å²) < 4.78 is 0. The Morgan fingerprint density at radius 3 is 2.93 bits per heavy atom. The quantitative estimate of drug-likeness (QED) is 0.731. The maximum atomic E-state index is 12.8. The minimum absolute atomic E-state index is 0.0304. The van der Waals surface area contributed by atoms with Gasteiger partial charge in [0.2, 0.25) is 5.91 Å². The van der Waals surface area contributed by atoms with Crippen molar-refractivity contribution < 1.29 is 4.79 Å². The molecule has 4 rings (SSSR count).